The lowest BCUT2D eigenvalue weighted by molar-refractivity contribution is -0.139. The minimum Gasteiger partial charge on any atom is -0.480 e. The number of carboxylic acids is 1. The maximum Gasteiger partial charge on any atom is 0.343 e. The highest BCUT2D eigenvalue weighted by molar-refractivity contribution is 7.99. The van der Waals surface area contributed by atoms with E-state index in [1.807, 2.05) is 6.92 Å². The minimum absolute atomic E-state index is 0.238. The molecule has 1 aromatic heterocycles. The molecular weight excluding hydrogens is 244 g/mol. The first kappa shape index (κ1) is 13.8. The van der Waals surface area contributed by atoms with E-state index in [9.17, 15) is 9.59 Å². The Hall–Kier alpha value is -1.28. The number of rotatable bonds is 7. The number of aliphatic carboxylic acids is 1. The fourth-order valence-corrected chi connectivity index (χ4v) is 2.37. The second-order valence-corrected chi connectivity index (χ2v) is 4.43. The number of hydrogen-bond donors (Lipinski definition) is 3. The second kappa shape index (κ2) is 6.45. The number of aromatic amines is 1. The molecule has 17 heavy (non-hydrogen) atoms. The molecule has 0 aliphatic heterocycles. The predicted molar refractivity (Wildman–Crippen MR) is 64.3 cm³/mol. The standard InChI is InChI=1S/C9H16N4O3S/c1-3-13-8(16)11-12-9(13)17-5-4-6(10-2)7(14)15/h6,10H,3-5H2,1-2H3,(H,11,16)(H,14,15). The molecule has 0 aromatic carbocycles. The van der Waals surface area contributed by atoms with Gasteiger partial charge in [-0.25, -0.2) is 9.89 Å². The summed E-state index contributed by atoms with van der Waals surface area (Å²) in [5.74, 6) is -0.287. The van der Waals surface area contributed by atoms with Gasteiger partial charge in [0.1, 0.15) is 6.04 Å². The van der Waals surface area contributed by atoms with Crippen LogP contribution in [-0.4, -0.2) is 44.7 Å². The fourth-order valence-electron chi connectivity index (χ4n) is 1.35. The fraction of sp³-hybridized carbons (Fsp3) is 0.667. The van der Waals surface area contributed by atoms with Crippen LogP contribution in [0, 0.1) is 0 Å². The zero-order valence-electron chi connectivity index (χ0n) is 9.77. The first-order valence-electron chi connectivity index (χ1n) is 5.28. The van der Waals surface area contributed by atoms with E-state index < -0.39 is 12.0 Å². The van der Waals surface area contributed by atoms with E-state index >= 15 is 0 Å². The summed E-state index contributed by atoms with van der Waals surface area (Å²) < 4.78 is 1.51. The van der Waals surface area contributed by atoms with Gasteiger partial charge in [-0.2, -0.15) is 0 Å². The van der Waals surface area contributed by atoms with E-state index in [0.29, 0.717) is 23.9 Å². The summed E-state index contributed by atoms with van der Waals surface area (Å²) in [4.78, 5) is 22.0. The van der Waals surface area contributed by atoms with Gasteiger partial charge in [0, 0.05) is 12.3 Å². The van der Waals surface area contributed by atoms with Crippen LogP contribution in [-0.2, 0) is 11.3 Å². The molecule has 0 saturated carbocycles. The molecule has 0 fully saturated rings. The van der Waals surface area contributed by atoms with Crippen LogP contribution in [0.5, 0.6) is 0 Å². The third-order valence-electron chi connectivity index (χ3n) is 2.32. The van der Waals surface area contributed by atoms with Crippen LogP contribution in [0.2, 0.25) is 0 Å². The molecule has 0 amide bonds. The van der Waals surface area contributed by atoms with Crippen LogP contribution in [0.1, 0.15) is 13.3 Å². The number of nitrogens with zero attached hydrogens (tertiary/aromatic N) is 2. The van der Waals surface area contributed by atoms with Crippen LogP contribution < -0.4 is 11.0 Å². The van der Waals surface area contributed by atoms with E-state index in [1.54, 1.807) is 7.05 Å². The van der Waals surface area contributed by atoms with Gasteiger partial charge in [-0.05, 0) is 20.4 Å². The molecule has 1 rings (SSSR count). The molecule has 0 saturated heterocycles. The molecule has 0 radical (unpaired) electrons. The van der Waals surface area contributed by atoms with E-state index in [4.69, 9.17) is 5.11 Å². The summed E-state index contributed by atoms with van der Waals surface area (Å²) >= 11 is 1.37. The Kier molecular flexibility index (Phi) is 5.23. The topological polar surface area (TPSA) is 100 Å². The first-order valence-corrected chi connectivity index (χ1v) is 6.26. The molecule has 1 heterocycles. The van der Waals surface area contributed by atoms with E-state index in [2.05, 4.69) is 15.5 Å². The maximum atomic E-state index is 11.3. The number of aromatic nitrogens is 3. The molecule has 8 heteroatoms. The lowest BCUT2D eigenvalue weighted by Crippen LogP contribution is -2.34. The number of thioether (sulfide) groups is 1. The van der Waals surface area contributed by atoms with Crippen molar-refractivity contribution in [1.82, 2.24) is 20.1 Å². The molecule has 7 nitrogen and oxygen atoms in total. The van der Waals surface area contributed by atoms with Crippen molar-refractivity contribution in [3.63, 3.8) is 0 Å². The average molecular weight is 260 g/mol. The van der Waals surface area contributed by atoms with E-state index in [0.717, 1.165) is 0 Å². The summed E-state index contributed by atoms with van der Waals surface area (Å²) in [6.07, 6.45) is 0.473. The van der Waals surface area contributed by atoms with Crippen molar-refractivity contribution in [3.8, 4) is 0 Å². The van der Waals surface area contributed by atoms with Gasteiger partial charge in [-0.15, -0.1) is 5.10 Å². The quantitative estimate of drug-likeness (QED) is 0.584. The molecule has 0 bridgehead atoms. The Morgan fingerprint density at radius 1 is 1.71 bits per heavy atom. The second-order valence-electron chi connectivity index (χ2n) is 3.37. The Morgan fingerprint density at radius 3 is 2.94 bits per heavy atom. The third kappa shape index (κ3) is 3.60. The zero-order chi connectivity index (χ0) is 12.8. The molecular formula is C9H16N4O3S. The van der Waals surface area contributed by atoms with Crippen LogP contribution in [0.4, 0.5) is 0 Å². The Bertz CT molecular complexity index is 428. The largest absolute Gasteiger partial charge is 0.480 e. The molecule has 3 N–H and O–H groups in total. The van der Waals surface area contributed by atoms with Crippen molar-refractivity contribution in [3.05, 3.63) is 10.5 Å². The van der Waals surface area contributed by atoms with Gasteiger partial charge in [-0.1, -0.05) is 11.8 Å². The average Bonchev–Trinajstić information content (AvgIpc) is 2.64. The van der Waals surface area contributed by atoms with Crippen molar-refractivity contribution >= 4 is 17.7 Å². The van der Waals surface area contributed by atoms with Crippen LogP contribution in [0.15, 0.2) is 9.95 Å². The number of likely N-dealkylation sites (N-methyl/N-ethyl adjacent to an activating group) is 1. The summed E-state index contributed by atoms with van der Waals surface area (Å²) in [6.45, 7) is 2.40. The van der Waals surface area contributed by atoms with Gasteiger partial charge < -0.3 is 10.4 Å². The van der Waals surface area contributed by atoms with Crippen molar-refractivity contribution in [2.75, 3.05) is 12.8 Å². The van der Waals surface area contributed by atoms with Gasteiger partial charge in [0.2, 0.25) is 0 Å². The number of nitrogens with one attached hydrogen (secondary N) is 2. The van der Waals surface area contributed by atoms with Gasteiger partial charge in [0.25, 0.3) is 0 Å². The summed E-state index contributed by atoms with van der Waals surface area (Å²) in [7, 11) is 1.61. The Balaban J connectivity index is 2.50. The number of hydrogen-bond acceptors (Lipinski definition) is 5. The van der Waals surface area contributed by atoms with Gasteiger partial charge in [-0.3, -0.25) is 9.36 Å². The van der Waals surface area contributed by atoms with Crippen LogP contribution in [0.25, 0.3) is 0 Å². The molecule has 0 aliphatic rings. The highest BCUT2D eigenvalue weighted by atomic mass is 32.2. The van der Waals surface area contributed by atoms with Crippen molar-refractivity contribution < 1.29 is 9.90 Å². The van der Waals surface area contributed by atoms with E-state index in [1.165, 1.54) is 16.3 Å². The third-order valence-corrected chi connectivity index (χ3v) is 3.33. The summed E-state index contributed by atoms with van der Waals surface area (Å²) in [6, 6.07) is -0.566. The Labute approximate surface area is 103 Å². The van der Waals surface area contributed by atoms with E-state index in [-0.39, 0.29) is 5.69 Å². The molecule has 0 aliphatic carbocycles. The molecule has 0 spiro atoms. The molecule has 1 aromatic rings. The number of carbonyl (C=O) groups is 1. The first-order chi connectivity index (χ1) is 8.10. The highest BCUT2D eigenvalue weighted by Gasteiger charge is 2.15. The van der Waals surface area contributed by atoms with Crippen molar-refractivity contribution in [1.29, 1.82) is 0 Å². The molecule has 1 atom stereocenters. The lowest BCUT2D eigenvalue weighted by atomic mass is 10.2. The van der Waals surface area contributed by atoms with Crippen molar-refractivity contribution in [2.24, 2.45) is 0 Å². The SMILES string of the molecule is CCn1c(SCCC(NC)C(=O)O)n[nH]c1=O. The normalized spacial score (nSPS) is 12.6. The summed E-state index contributed by atoms with van der Waals surface area (Å²) in [5.41, 5.74) is -0.238. The number of carboxylic acid groups (broad SMARTS) is 1. The predicted octanol–water partition coefficient (Wildman–Crippen LogP) is -0.254. The minimum atomic E-state index is -0.872. The van der Waals surface area contributed by atoms with Crippen molar-refractivity contribution in [2.45, 2.75) is 31.1 Å². The smallest absolute Gasteiger partial charge is 0.343 e. The monoisotopic (exact) mass is 260 g/mol. The molecule has 1 unspecified atom stereocenters. The number of H-pyrrole nitrogens is 1. The van der Waals surface area contributed by atoms with Crippen LogP contribution in [0.3, 0.4) is 0 Å². The van der Waals surface area contributed by atoms with Gasteiger partial charge >= 0.3 is 11.7 Å². The van der Waals surface area contributed by atoms with Gasteiger partial charge in [0.05, 0.1) is 0 Å². The highest BCUT2D eigenvalue weighted by Crippen LogP contribution is 2.14. The van der Waals surface area contributed by atoms with Crippen LogP contribution >= 0.6 is 11.8 Å². The Morgan fingerprint density at radius 2 is 2.41 bits per heavy atom. The maximum absolute atomic E-state index is 11.3. The lowest BCUT2D eigenvalue weighted by Gasteiger charge is -2.09. The zero-order valence-corrected chi connectivity index (χ0v) is 10.6. The molecule has 96 valence electrons. The van der Waals surface area contributed by atoms with Gasteiger partial charge in [0.15, 0.2) is 5.16 Å². The summed E-state index contributed by atoms with van der Waals surface area (Å²) in [5, 5.41) is 18.4.